The van der Waals surface area contributed by atoms with Crippen molar-refractivity contribution in [1.82, 2.24) is 4.98 Å². The number of hydrogen-bond acceptors (Lipinski definition) is 8. The number of pyridine rings is 1. The molecule has 0 saturated carbocycles. The molecule has 9 nitrogen and oxygen atoms in total. The van der Waals surface area contributed by atoms with Crippen LogP contribution in [0.15, 0.2) is 66.9 Å². The van der Waals surface area contributed by atoms with E-state index in [-0.39, 0.29) is 17.5 Å². The lowest BCUT2D eigenvalue weighted by Gasteiger charge is -2.23. The number of rotatable bonds is 7. The molecule has 0 bridgehead atoms. The Balaban J connectivity index is 1.40. The van der Waals surface area contributed by atoms with Crippen LogP contribution in [0, 0.1) is 21.4 Å². The lowest BCUT2D eigenvalue weighted by Crippen LogP contribution is -2.17. The van der Waals surface area contributed by atoms with E-state index >= 15 is 0 Å². The van der Waals surface area contributed by atoms with E-state index in [1.807, 2.05) is 53.4 Å². The highest BCUT2D eigenvalue weighted by Gasteiger charge is 2.29. The predicted molar refractivity (Wildman–Crippen MR) is 141 cm³/mol. The van der Waals surface area contributed by atoms with Gasteiger partial charge in [-0.1, -0.05) is 36.4 Å². The third kappa shape index (κ3) is 4.46. The summed E-state index contributed by atoms with van der Waals surface area (Å²) in [6.45, 7) is 2.00. The van der Waals surface area contributed by atoms with E-state index in [0.29, 0.717) is 60.7 Å². The smallest absolute Gasteiger partial charge is 0.311 e. The molecule has 3 heterocycles. The maximum atomic E-state index is 12.0. The number of aromatic nitrogens is 1. The first kappa shape index (κ1) is 23.7. The van der Waals surface area contributed by atoms with Crippen molar-refractivity contribution in [2.45, 2.75) is 25.6 Å². The standard InChI is InChI=1S/C29H24N4O5/c30-15-21-16-31-25-14-28(38-23-9-11-36-18-23)27(33(34)35)13-24(25)29(21)32-10-8-20-6-7-22(12-26(20)32)37-17-19-4-2-1-3-5-19/h1-7,12-14,16,23H,8-11,17-18H2. The molecule has 0 N–H and O–H groups in total. The molecule has 4 aromatic rings. The van der Waals surface area contributed by atoms with E-state index in [9.17, 15) is 15.4 Å². The summed E-state index contributed by atoms with van der Waals surface area (Å²) < 4.78 is 17.3. The summed E-state index contributed by atoms with van der Waals surface area (Å²) in [5, 5.41) is 22.5. The molecule has 0 radical (unpaired) electrons. The average molecular weight is 509 g/mol. The zero-order valence-corrected chi connectivity index (χ0v) is 20.5. The van der Waals surface area contributed by atoms with Gasteiger partial charge in [-0.2, -0.15) is 5.26 Å². The number of nitro groups is 1. The van der Waals surface area contributed by atoms with Gasteiger partial charge in [-0.15, -0.1) is 0 Å². The molecule has 6 rings (SSSR count). The zero-order valence-electron chi connectivity index (χ0n) is 20.5. The predicted octanol–water partition coefficient (Wildman–Crippen LogP) is 5.46. The first-order valence-corrected chi connectivity index (χ1v) is 12.4. The summed E-state index contributed by atoms with van der Waals surface area (Å²) in [5.41, 5.74) is 4.37. The Morgan fingerprint density at radius 2 is 2.05 bits per heavy atom. The van der Waals surface area contributed by atoms with E-state index in [1.54, 1.807) is 6.07 Å². The molecule has 1 fully saturated rings. The lowest BCUT2D eigenvalue weighted by molar-refractivity contribution is -0.385. The van der Waals surface area contributed by atoms with Gasteiger partial charge in [0.15, 0.2) is 5.75 Å². The van der Waals surface area contributed by atoms with Crippen molar-refractivity contribution < 1.29 is 19.1 Å². The van der Waals surface area contributed by atoms with Crippen molar-refractivity contribution in [3.05, 3.63) is 93.7 Å². The van der Waals surface area contributed by atoms with Crippen molar-refractivity contribution in [2.24, 2.45) is 0 Å². The van der Waals surface area contributed by atoms with Gasteiger partial charge in [0.05, 0.1) is 34.9 Å². The Hall–Kier alpha value is -4.68. The van der Waals surface area contributed by atoms with Gasteiger partial charge in [-0.3, -0.25) is 15.1 Å². The Kier molecular flexibility index (Phi) is 6.23. The highest BCUT2D eigenvalue weighted by atomic mass is 16.6. The maximum Gasteiger partial charge on any atom is 0.311 e. The molecule has 38 heavy (non-hydrogen) atoms. The third-order valence-corrected chi connectivity index (χ3v) is 6.89. The van der Waals surface area contributed by atoms with Crippen LogP contribution >= 0.6 is 0 Å². The topological polar surface area (TPSA) is 111 Å². The summed E-state index contributed by atoms with van der Waals surface area (Å²) in [5.74, 6) is 0.858. The molecule has 2 aliphatic rings. The molecule has 1 unspecified atom stereocenters. The van der Waals surface area contributed by atoms with Crippen LogP contribution in [0.25, 0.3) is 10.9 Å². The normalized spacial score (nSPS) is 16.3. The number of ether oxygens (including phenoxy) is 3. The second-order valence-electron chi connectivity index (χ2n) is 9.30. The summed E-state index contributed by atoms with van der Waals surface area (Å²) in [6, 6.07) is 21.1. The number of hydrogen-bond donors (Lipinski definition) is 0. The fraction of sp³-hybridized carbons (Fsp3) is 0.241. The molecule has 2 aliphatic heterocycles. The van der Waals surface area contributed by atoms with E-state index in [1.165, 1.54) is 12.3 Å². The van der Waals surface area contributed by atoms with Gasteiger partial charge in [0.25, 0.3) is 0 Å². The van der Waals surface area contributed by atoms with Gasteiger partial charge in [0, 0.05) is 48.4 Å². The molecule has 1 aromatic heterocycles. The quantitative estimate of drug-likeness (QED) is 0.239. The molecule has 190 valence electrons. The Morgan fingerprint density at radius 3 is 2.82 bits per heavy atom. The maximum absolute atomic E-state index is 12.0. The highest BCUT2D eigenvalue weighted by molar-refractivity contribution is 5.99. The van der Waals surface area contributed by atoms with Gasteiger partial charge in [0.1, 0.15) is 24.5 Å². The first-order valence-electron chi connectivity index (χ1n) is 12.4. The summed E-state index contributed by atoms with van der Waals surface area (Å²) >= 11 is 0. The summed E-state index contributed by atoms with van der Waals surface area (Å²) in [7, 11) is 0. The molecule has 0 aliphatic carbocycles. The van der Waals surface area contributed by atoms with Gasteiger partial charge in [0.2, 0.25) is 0 Å². The van der Waals surface area contributed by atoms with Crippen LogP contribution in [-0.4, -0.2) is 35.8 Å². The minimum absolute atomic E-state index is 0.152. The monoisotopic (exact) mass is 508 g/mol. The van der Waals surface area contributed by atoms with Crippen LogP contribution in [0.1, 0.15) is 23.1 Å². The fourth-order valence-corrected chi connectivity index (χ4v) is 5.01. The van der Waals surface area contributed by atoms with E-state index in [4.69, 9.17) is 14.2 Å². The van der Waals surface area contributed by atoms with Crippen LogP contribution < -0.4 is 14.4 Å². The third-order valence-electron chi connectivity index (χ3n) is 6.89. The Morgan fingerprint density at radius 1 is 1.18 bits per heavy atom. The lowest BCUT2D eigenvalue weighted by atomic mass is 10.1. The van der Waals surface area contributed by atoms with E-state index < -0.39 is 4.92 Å². The van der Waals surface area contributed by atoms with Crippen molar-refractivity contribution in [3.8, 4) is 17.6 Å². The number of nitriles is 1. The second kappa shape index (κ2) is 10.00. The SMILES string of the molecule is N#Cc1cnc2cc(OC3CCOC3)c([N+](=O)[O-])cc2c1N1CCc2ccc(OCc3ccccc3)cc21. The largest absolute Gasteiger partial charge is 0.489 e. The van der Waals surface area contributed by atoms with Crippen molar-refractivity contribution >= 4 is 28.0 Å². The molecule has 0 amide bonds. The summed E-state index contributed by atoms with van der Waals surface area (Å²) in [4.78, 5) is 18.1. The molecule has 9 heteroatoms. The van der Waals surface area contributed by atoms with Gasteiger partial charge < -0.3 is 19.1 Å². The number of benzene rings is 3. The number of fused-ring (bicyclic) bond motifs is 2. The molecular weight excluding hydrogens is 484 g/mol. The molecular formula is C29H24N4O5. The Bertz CT molecular complexity index is 1560. The van der Waals surface area contributed by atoms with E-state index in [2.05, 4.69) is 11.1 Å². The molecule has 0 spiro atoms. The van der Waals surface area contributed by atoms with Gasteiger partial charge in [-0.25, -0.2) is 0 Å². The van der Waals surface area contributed by atoms with E-state index in [0.717, 1.165) is 23.2 Å². The van der Waals surface area contributed by atoms with Gasteiger partial charge in [-0.05, 0) is 23.6 Å². The van der Waals surface area contributed by atoms with Crippen LogP contribution in [-0.2, 0) is 17.8 Å². The second-order valence-corrected chi connectivity index (χ2v) is 9.30. The minimum atomic E-state index is -0.457. The van der Waals surface area contributed by atoms with Crippen LogP contribution in [0.5, 0.6) is 11.5 Å². The average Bonchev–Trinajstić information content (AvgIpc) is 3.61. The molecule has 1 saturated heterocycles. The van der Waals surface area contributed by atoms with Crippen molar-refractivity contribution in [3.63, 3.8) is 0 Å². The van der Waals surface area contributed by atoms with Crippen LogP contribution in [0.2, 0.25) is 0 Å². The summed E-state index contributed by atoms with van der Waals surface area (Å²) in [6.07, 6.45) is 2.71. The van der Waals surface area contributed by atoms with Crippen molar-refractivity contribution in [1.29, 1.82) is 5.26 Å². The van der Waals surface area contributed by atoms with Gasteiger partial charge >= 0.3 is 5.69 Å². The van der Waals surface area contributed by atoms with Crippen LogP contribution in [0.3, 0.4) is 0 Å². The zero-order chi connectivity index (χ0) is 26.1. The fourth-order valence-electron chi connectivity index (χ4n) is 5.01. The van der Waals surface area contributed by atoms with Crippen molar-refractivity contribution in [2.75, 3.05) is 24.7 Å². The Labute approximate surface area is 219 Å². The number of anilines is 2. The number of nitrogens with zero attached hydrogens (tertiary/aromatic N) is 4. The molecule has 3 aromatic carbocycles. The van der Waals surface area contributed by atoms with Crippen LogP contribution in [0.4, 0.5) is 17.1 Å². The first-order chi connectivity index (χ1) is 18.6. The minimum Gasteiger partial charge on any atom is -0.489 e. The number of nitro benzene ring substituents is 1. The molecule has 1 atom stereocenters. The highest BCUT2D eigenvalue weighted by Crippen LogP contribution is 2.44.